The van der Waals surface area contributed by atoms with Crippen LogP contribution in [-0.4, -0.2) is 24.1 Å². The average molecular weight is 338 g/mol. The number of alkyl carbamates (subject to hydrolysis) is 1. The maximum Gasteiger partial charge on any atom is 0.408 e. The van der Waals surface area contributed by atoms with Gasteiger partial charge >= 0.3 is 6.09 Å². The van der Waals surface area contributed by atoms with Gasteiger partial charge in [-0.05, 0) is 37.5 Å². The summed E-state index contributed by atoms with van der Waals surface area (Å²) < 4.78 is 5.19. The van der Waals surface area contributed by atoms with Crippen molar-refractivity contribution >= 4 is 17.7 Å². The number of hydrogen-bond acceptors (Lipinski definition) is 3. The number of nitrogens with one attached hydrogen (secondary N) is 1. The molecule has 5 nitrogen and oxygen atoms in total. The van der Waals surface area contributed by atoms with Gasteiger partial charge in [0.15, 0.2) is 0 Å². The van der Waals surface area contributed by atoms with E-state index in [9.17, 15) is 9.59 Å². The summed E-state index contributed by atoms with van der Waals surface area (Å²) in [5.41, 5.74) is 2.98. The van der Waals surface area contributed by atoms with Crippen molar-refractivity contribution < 1.29 is 14.3 Å². The predicted molar refractivity (Wildman–Crippen MR) is 96.3 cm³/mol. The van der Waals surface area contributed by atoms with E-state index < -0.39 is 12.1 Å². The molecule has 0 spiro atoms. The normalized spacial score (nSPS) is 16.9. The highest BCUT2D eigenvalue weighted by atomic mass is 16.5. The molecule has 2 amide bonds. The third-order valence-corrected chi connectivity index (χ3v) is 4.36. The molecule has 1 aliphatic heterocycles. The first-order valence-corrected chi connectivity index (χ1v) is 8.44. The zero-order valence-electron chi connectivity index (χ0n) is 14.4. The second kappa shape index (κ2) is 7.38. The molecule has 0 aliphatic carbocycles. The van der Waals surface area contributed by atoms with Gasteiger partial charge < -0.3 is 15.0 Å². The summed E-state index contributed by atoms with van der Waals surface area (Å²) in [5, 5.41) is 2.63. The maximum absolute atomic E-state index is 12.8. The number of ether oxygens (including phenoxy) is 1. The van der Waals surface area contributed by atoms with Crippen molar-refractivity contribution in [2.24, 2.45) is 0 Å². The van der Waals surface area contributed by atoms with Crippen LogP contribution in [0.5, 0.6) is 0 Å². The molecule has 0 radical (unpaired) electrons. The summed E-state index contributed by atoms with van der Waals surface area (Å²) in [4.78, 5) is 26.5. The topological polar surface area (TPSA) is 58.6 Å². The summed E-state index contributed by atoms with van der Waals surface area (Å²) >= 11 is 0. The minimum absolute atomic E-state index is 0.0782. The summed E-state index contributed by atoms with van der Waals surface area (Å²) in [6.07, 6.45) is 0.234. The van der Waals surface area contributed by atoms with Crippen molar-refractivity contribution in [3.8, 4) is 0 Å². The Morgan fingerprint density at radius 1 is 1.16 bits per heavy atom. The van der Waals surface area contributed by atoms with Crippen molar-refractivity contribution in [2.45, 2.75) is 39.0 Å². The van der Waals surface area contributed by atoms with E-state index in [-0.39, 0.29) is 18.6 Å². The Morgan fingerprint density at radius 2 is 1.84 bits per heavy atom. The summed E-state index contributed by atoms with van der Waals surface area (Å²) in [6, 6.07) is 16.7. The quantitative estimate of drug-likeness (QED) is 0.931. The van der Waals surface area contributed by atoms with Gasteiger partial charge in [0.05, 0.1) is 0 Å². The second-order valence-corrected chi connectivity index (χ2v) is 6.32. The number of nitrogens with zero attached hydrogens (tertiary/aromatic N) is 1. The van der Waals surface area contributed by atoms with E-state index in [1.807, 2.05) is 61.5 Å². The maximum atomic E-state index is 12.8. The van der Waals surface area contributed by atoms with E-state index in [1.54, 1.807) is 11.8 Å². The zero-order chi connectivity index (χ0) is 17.8. The number of carbonyl (C=O) groups excluding carboxylic acids is 2. The molecule has 2 aromatic rings. The minimum Gasteiger partial charge on any atom is -0.445 e. The molecular formula is C20H22N2O3. The van der Waals surface area contributed by atoms with E-state index in [2.05, 4.69) is 5.32 Å². The Morgan fingerprint density at radius 3 is 2.60 bits per heavy atom. The molecule has 2 aromatic carbocycles. The molecular weight excluding hydrogens is 316 g/mol. The molecule has 3 rings (SSSR count). The number of carbonyl (C=O) groups is 2. The lowest BCUT2D eigenvalue weighted by Crippen LogP contribution is -2.49. The average Bonchev–Trinajstić information content (AvgIpc) is 2.96. The summed E-state index contributed by atoms with van der Waals surface area (Å²) in [7, 11) is 0. The molecule has 130 valence electrons. The van der Waals surface area contributed by atoms with Crippen LogP contribution in [0.4, 0.5) is 10.5 Å². The third-order valence-electron chi connectivity index (χ3n) is 4.36. The first kappa shape index (κ1) is 17.0. The smallest absolute Gasteiger partial charge is 0.408 e. The predicted octanol–water partition coefficient (Wildman–Crippen LogP) is 3.28. The molecule has 5 heteroatoms. The van der Waals surface area contributed by atoms with Crippen LogP contribution in [0.1, 0.15) is 25.0 Å². The van der Waals surface area contributed by atoms with E-state index >= 15 is 0 Å². The summed E-state index contributed by atoms with van der Waals surface area (Å²) in [6.45, 7) is 3.87. The van der Waals surface area contributed by atoms with Crippen molar-refractivity contribution in [2.75, 3.05) is 4.90 Å². The van der Waals surface area contributed by atoms with Crippen LogP contribution in [0.2, 0.25) is 0 Å². The van der Waals surface area contributed by atoms with Crippen LogP contribution >= 0.6 is 0 Å². The SMILES string of the molecule is CC(NC(=O)OCc1ccccc1)C(=O)N1c2ccccc2CC1C. The van der Waals surface area contributed by atoms with Gasteiger partial charge in [-0.1, -0.05) is 48.5 Å². The summed E-state index contributed by atoms with van der Waals surface area (Å²) in [5.74, 6) is -0.130. The highest BCUT2D eigenvalue weighted by molar-refractivity contribution is 6.00. The van der Waals surface area contributed by atoms with Crippen LogP contribution in [0.3, 0.4) is 0 Å². The van der Waals surface area contributed by atoms with Gasteiger partial charge in [0, 0.05) is 11.7 Å². The van der Waals surface area contributed by atoms with Gasteiger partial charge in [0.1, 0.15) is 12.6 Å². The number of fused-ring (bicyclic) bond motifs is 1. The first-order valence-electron chi connectivity index (χ1n) is 8.44. The highest BCUT2D eigenvalue weighted by Crippen LogP contribution is 2.32. The van der Waals surface area contributed by atoms with Gasteiger partial charge in [0.2, 0.25) is 5.91 Å². The lowest BCUT2D eigenvalue weighted by atomic mass is 10.1. The second-order valence-electron chi connectivity index (χ2n) is 6.32. The Hall–Kier alpha value is -2.82. The molecule has 0 fully saturated rings. The fourth-order valence-corrected chi connectivity index (χ4v) is 3.11. The molecule has 1 heterocycles. The van der Waals surface area contributed by atoms with Crippen LogP contribution < -0.4 is 10.2 Å². The molecule has 0 bridgehead atoms. The monoisotopic (exact) mass is 338 g/mol. The Labute approximate surface area is 147 Å². The number of benzene rings is 2. The molecule has 1 aliphatic rings. The van der Waals surface area contributed by atoms with Crippen LogP contribution in [0.25, 0.3) is 0 Å². The Balaban J connectivity index is 1.58. The molecule has 0 aromatic heterocycles. The number of para-hydroxylation sites is 1. The number of amides is 2. The molecule has 2 atom stereocenters. The lowest BCUT2D eigenvalue weighted by molar-refractivity contribution is -0.120. The molecule has 0 saturated carbocycles. The van der Waals surface area contributed by atoms with E-state index in [0.29, 0.717) is 0 Å². The van der Waals surface area contributed by atoms with E-state index in [4.69, 9.17) is 4.74 Å². The van der Waals surface area contributed by atoms with Gasteiger partial charge in [-0.3, -0.25) is 4.79 Å². The highest BCUT2D eigenvalue weighted by Gasteiger charge is 2.33. The number of rotatable bonds is 4. The van der Waals surface area contributed by atoms with Crippen molar-refractivity contribution in [1.29, 1.82) is 0 Å². The molecule has 25 heavy (non-hydrogen) atoms. The molecule has 2 unspecified atom stereocenters. The lowest BCUT2D eigenvalue weighted by Gasteiger charge is -2.26. The Kier molecular flexibility index (Phi) is 5.03. The zero-order valence-corrected chi connectivity index (χ0v) is 14.4. The van der Waals surface area contributed by atoms with Crippen LogP contribution in [-0.2, 0) is 22.6 Å². The minimum atomic E-state index is -0.656. The number of hydrogen-bond donors (Lipinski definition) is 1. The van der Waals surface area contributed by atoms with E-state index in [1.165, 1.54) is 0 Å². The number of anilines is 1. The third kappa shape index (κ3) is 3.82. The molecule has 0 saturated heterocycles. The van der Waals surface area contributed by atoms with Gasteiger partial charge in [-0.2, -0.15) is 0 Å². The van der Waals surface area contributed by atoms with Crippen molar-refractivity contribution in [1.82, 2.24) is 5.32 Å². The van der Waals surface area contributed by atoms with Crippen molar-refractivity contribution in [3.63, 3.8) is 0 Å². The fraction of sp³-hybridized carbons (Fsp3) is 0.300. The standard InChI is InChI=1S/C20H22N2O3/c1-14-12-17-10-6-7-11-18(17)22(14)19(23)15(2)21-20(24)25-13-16-8-4-3-5-9-16/h3-11,14-15H,12-13H2,1-2H3,(H,21,24). The largest absolute Gasteiger partial charge is 0.445 e. The Bertz CT molecular complexity index is 761. The fourth-order valence-electron chi connectivity index (χ4n) is 3.11. The van der Waals surface area contributed by atoms with Crippen LogP contribution in [0, 0.1) is 0 Å². The van der Waals surface area contributed by atoms with Gasteiger partial charge in [-0.15, -0.1) is 0 Å². The first-order chi connectivity index (χ1) is 12.1. The van der Waals surface area contributed by atoms with Crippen LogP contribution in [0.15, 0.2) is 54.6 Å². The van der Waals surface area contributed by atoms with Crippen molar-refractivity contribution in [3.05, 3.63) is 65.7 Å². The molecule has 1 N–H and O–H groups in total. The van der Waals surface area contributed by atoms with E-state index in [0.717, 1.165) is 23.2 Å². The van der Waals surface area contributed by atoms with Gasteiger partial charge in [-0.25, -0.2) is 4.79 Å². The van der Waals surface area contributed by atoms with Gasteiger partial charge in [0.25, 0.3) is 0 Å².